The molecule has 0 aliphatic rings. The molecule has 0 atom stereocenters. The Morgan fingerprint density at radius 1 is 1.14 bits per heavy atom. The average Bonchev–Trinajstić information content (AvgIpc) is 2.44. The van der Waals surface area contributed by atoms with Crippen LogP contribution >= 0.6 is 0 Å². The van der Waals surface area contributed by atoms with Crippen LogP contribution in [-0.2, 0) is 6.54 Å². The Morgan fingerprint density at radius 2 is 1.95 bits per heavy atom. The third-order valence-electron chi connectivity index (χ3n) is 3.15. The van der Waals surface area contributed by atoms with Crippen LogP contribution < -0.4 is 10.5 Å². The highest BCUT2D eigenvalue weighted by atomic mass is 19.1. The lowest BCUT2D eigenvalue weighted by Crippen LogP contribution is -2.20. The molecule has 0 aromatic heterocycles. The minimum absolute atomic E-state index is 0.189. The highest BCUT2D eigenvalue weighted by Gasteiger charge is 2.02. The van der Waals surface area contributed by atoms with E-state index >= 15 is 0 Å². The molecular formula is C17H21FN2O. The van der Waals surface area contributed by atoms with Crippen molar-refractivity contribution in [3.63, 3.8) is 0 Å². The van der Waals surface area contributed by atoms with Gasteiger partial charge in [-0.05, 0) is 43.3 Å². The molecule has 0 saturated heterocycles. The van der Waals surface area contributed by atoms with Crippen molar-refractivity contribution in [2.24, 2.45) is 0 Å². The summed E-state index contributed by atoms with van der Waals surface area (Å²) >= 11 is 0. The molecule has 0 aliphatic carbocycles. The van der Waals surface area contributed by atoms with E-state index in [9.17, 15) is 4.39 Å². The zero-order valence-corrected chi connectivity index (χ0v) is 12.3. The fourth-order valence-corrected chi connectivity index (χ4v) is 2.15. The first-order valence-corrected chi connectivity index (χ1v) is 7.05. The summed E-state index contributed by atoms with van der Waals surface area (Å²) in [5.41, 5.74) is 7.38. The standard InChI is InChI=1S/C17H21FN2O/c1-20(13-14-5-2-6-15(18)11-14)9-4-10-21-17-8-3-7-16(19)12-17/h2-3,5-8,11-12H,4,9-10,13,19H2,1H3. The van der Waals surface area contributed by atoms with Gasteiger partial charge >= 0.3 is 0 Å². The predicted molar refractivity (Wildman–Crippen MR) is 83.7 cm³/mol. The summed E-state index contributed by atoms with van der Waals surface area (Å²) in [6.07, 6.45) is 0.903. The topological polar surface area (TPSA) is 38.5 Å². The molecule has 2 rings (SSSR count). The van der Waals surface area contributed by atoms with Crippen molar-refractivity contribution in [2.75, 3.05) is 25.9 Å². The molecule has 4 heteroatoms. The van der Waals surface area contributed by atoms with Crippen molar-refractivity contribution >= 4 is 5.69 Å². The molecule has 21 heavy (non-hydrogen) atoms. The van der Waals surface area contributed by atoms with Gasteiger partial charge in [0.1, 0.15) is 11.6 Å². The first kappa shape index (κ1) is 15.3. The number of hydrogen-bond donors (Lipinski definition) is 1. The number of nitrogens with zero attached hydrogens (tertiary/aromatic N) is 1. The zero-order valence-electron chi connectivity index (χ0n) is 12.3. The highest BCUT2D eigenvalue weighted by Crippen LogP contribution is 2.14. The van der Waals surface area contributed by atoms with Gasteiger partial charge in [0.05, 0.1) is 6.61 Å². The van der Waals surface area contributed by atoms with Gasteiger partial charge in [0.2, 0.25) is 0 Å². The SMILES string of the molecule is CN(CCCOc1cccc(N)c1)Cc1cccc(F)c1. The summed E-state index contributed by atoms with van der Waals surface area (Å²) in [4.78, 5) is 2.15. The normalized spacial score (nSPS) is 10.8. The molecule has 0 amide bonds. The number of anilines is 1. The van der Waals surface area contributed by atoms with E-state index < -0.39 is 0 Å². The van der Waals surface area contributed by atoms with Crippen LogP contribution in [0.25, 0.3) is 0 Å². The summed E-state index contributed by atoms with van der Waals surface area (Å²) in [5, 5.41) is 0. The molecular weight excluding hydrogens is 267 g/mol. The lowest BCUT2D eigenvalue weighted by molar-refractivity contribution is 0.258. The molecule has 0 fully saturated rings. The van der Waals surface area contributed by atoms with Crippen molar-refractivity contribution in [2.45, 2.75) is 13.0 Å². The van der Waals surface area contributed by atoms with Gasteiger partial charge in [0.25, 0.3) is 0 Å². The molecule has 2 N–H and O–H groups in total. The molecule has 0 heterocycles. The van der Waals surface area contributed by atoms with Gasteiger partial charge in [-0.2, -0.15) is 0 Å². The number of hydrogen-bond acceptors (Lipinski definition) is 3. The molecule has 0 aliphatic heterocycles. The van der Waals surface area contributed by atoms with E-state index in [4.69, 9.17) is 10.5 Å². The second-order valence-electron chi connectivity index (χ2n) is 5.14. The molecule has 0 bridgehead atoms. The molecule has 0 spiro atoms. The van der Waals surface area contributed by atoms with Crippen LogP contribution in [0, 0.1) is 5.82 Å². The molecule has 2 aromatic rings. The zero-order chi connectivity index (χ0) is 15.1. The van der Waals surface area contributed by atoms with Crippen molar-refractivity contribution in [1.29, 1.82) is 0 Å². The van der Waals surface area contributed by atoms with Crippen LogP contribution in [-0.4, -0.2) is 25.1 Å². The molecule has 112 valence electrons. The van der Waals surface area contributed by atoms with Crippen molar-refractivity contribution in [3.8, 4) is 5.75 Å². The number of ether oxygens (including phenoxy) is 1. The van der Waals surface area contributed by atoms with Gasteiger partial charge in [-0.1, -0.05) is 18.2 Å². The van der Waals surface area contributed by atoms with E-state index in [1.165, 1.54) is 6.07 Å². The van der Waals surface area contributed by atoms with E-state index in [0.717, 1.165) is 30.8 Å². The fraction of sp³-hybridized carbons (Fsp3) is 0.294. The minimum Gasteiger partial charge on any atom is -0.493 e. The first-order valence-electron chi connectivity index (χ1n) is 7.05. The van der Waals surface area contributed by atoms with Gasteiger partial charge in [-0.3, -0.25) is 0 Å². The Bertz CT molecular complexity index is 574. The lowest BCUT2D eigenvalue weighted by Gasteiger charge is -2.17. The summed E-state index contributed by atoms with van der Waals surface area (Å²) < 4.78 is 18.7. The van der Waals surface area contributed by atoms with Crippen molar-refractivity contribution in [1.82, 2.24) is 4.90 Å². The summed E-state index contributed by atoms with van der Waals surface area (Å²) in [6.45, 7) is 2.26. The van der Waals surface area contributed by atoms with Crippen LogP contribution in [0.3, 0.4) is 0 Å². The Labute approximate surface area is 125 Å². The lowest BCUT2D eigenvalue weighted by atomic mass is 10.2. The van der Waals surface area contributed by atoms with E-state index in [-0.39, 0.29) is 5.82 Å². The predicted octanol–water partition coefficient (Wildman–Crippen LogP) is 3.31. The Balaban J connectivity index is 1.68. The first-order chi connectivity index (χ1) is 10.1. The number of halogens is 1. The van der Waals surface area contributed by atoms with Crippen LogP contribution in [0.4, 0.5) is 10.1 Å². The van der Waals surface area contributed by atoms with Gasteiger partial charge in [-0.15, -0.1) is 0 Å². The maximum atomic E-state index is 13.1. The third-order valence-corrected chi connectivity index (χ3v) is 3.15. The van der Waals surface area contributed by atoms with E-state index in [0.29, 0.717) is 12.3 Å². The summed E-state index contributed by atoms with van der Waals surface area (Å²) in [7, 11) is 2.02. The largest absolute Gasteiger partial charge is 0.493 e. The fourth-order valence-electron chi connectivity index (χ4n) is 2.15. The van der Waals surface area contributed by atoms with Gasteiger partial charge in [-0.25, -0.2) is 4.39 Å². The van der Waals surface area contributed by atoms with Crippen molar-refractivity contribution in [3.05, 3.63) is 59.9 Å². The Kier molecular flexibility index (Phi) is 5.58. The van der Waals surface area contributed by atoms with Crippen LogP contribution in [0.15, 0.2) is 48.5 Å². The second-order valence-corrected chi connectivity index (χ2v) is 5.14. The molecule has 0 saturated carbocycles. The van der Waals surface area contributed by atoms with Gasteiger partial charge < -0.3 is 15.4 Å². The van der Waals surface area contributed by atoms with Gasteiger partial charge in [0, 0.05) is 24.8 Å². The van der Waals surface area contributed by atoms with Crippen molar-refractivity contribution < 1.29 is 9.13 Å². The Hall–Kier alpha value is -2.07. The molecule has 0 unspecified atom stereocenters. The van der Waals surface area contributed by atoms with E-state index in [1.807, 2.05) is 37.4 Å². The smallest absolute Gasteiger partial charge is 0.123 e. The number of rotatable bonds is 7. The quantitative estimate of drug-likeness (QED) is 0.627. The molecule has 3 nitrogen and oxygen atoms in total. The number of nitrogen functional groups attached to an aromatic ring is 1. The Morgan fingerprint density at radius 3 is 2.71 bits per heavy atom. The second kappa shape index (κ2) is 7.64. The molecule has 0 radical (unpaired) electrons. The summed E-state index contributed by atoms with van der Waals surface area (Å²) in [5.74, 6) is 0.605. The maximum Gasteiger partial charge on any atom is 0.123 e. The van der Waals surface area contributed by atoms with Gasteiger partial charge in [0.15, 0.2) is 0 Å². The monoisotopic (exact) mass is 288 g/mol. The third kappa shape index (κ3) is 5.44. The number of benzene rings is 2. The van der Waals surface area contributed by atoms with E-state index in [2.05, 4.69) is 4.90 Å². The summed E-state index contributed by atoms with van der Waals surface area (Å²) in [6, 6.07) is 14.1. The van der Waals surface area contributed by atoms with E-state index in [1.54, 1.807) is 12.1 Å². The van der Waals surface area contributed by atoms with Crippen LogP contribution in [0.2, 0.25) is 0 Å². The molecule has 2 aromatic carbocycles. The number of nitrogens with two attached hydrogens (primary N) is 1. The van der Waals surface area contributed by atoms with Crippen LogP contribution in [0.5, 0.6) is 5.75 Å². The minimum atomic E-state index is -0.189. The van der Waals surface area contributed by atoms with Crippen LogP contribution in [0.1, 0.15) is 12.0 Å². The maximum absolute atomic E-state index is 13.1. The average molecular weight is 288 g/mol. The highest BCUT2D eigenvalue weighted by molar-refractivity contribution is 5.43.